The van der Waals surface area contributed by atoms with Gasteiger partial charge in [0.05, 0.1) is 7.11 Å². The van der Waals surface area contributed by atoms with Crippen LogP contribution < -0.4 is 4.74 Å². The van der Waals surface area contributed by atoms with Gasteiger partial charge in [0.15, 0.2) is 11.3 Å². The van der Waals surface area contributed by atoms with Gasteiger partial charge in [-0.25, -0.2) is 0 Å². The van der Waals surface area contributed by atoms with Crippen molar-refractivity contribution in [2.45, 2.75) is 13.8 Å². The average Bonchev–Trinajstić information content (AvgIpc) is 2.93. The molecular weight excluding hydrogens is 268 g/mol. The molecule has 0 saturated heterocycles. The number of phenolic OH excluding ortho intramolecular Hbond substituents is 2. The maximum absolute atomic E-state index is 9.60. The molecule has 0 radical (unpaired) electrons. The molecule has 3 rings (SSSR count). The van der Waals surface area contributed by atoms with Crippen LogP contribution in [0.15, 0.2) is 46.9 Å². The maximum atomic E-state index is 9.60. The van der Waals surface area contributed by atoms with Crippen LogP contribution in [0.4, 0.5) is 0 Å². The second-order valence-corrected chi connectivity index (χ2v) is 4.22. The van der Waals surface area contributed by atoms with Crippen LogP contribution >= 0.6 is 0 Å². The summed E-state index contributed by atoms with van der Waals surface area (Å²) < 4.78 is 10.9. The Morgan fingerprint density at radius 1 is 0.905 bits per heavy atom. The minimum absolute atomic E-state index is 0.127. The SMILES string of the molecule is CC.COc1cc(O)cc2cc(-c3ccc(O)cc3)oc12. The molecule has 0 atom stereocenters. The van der Waals surface area contributed by atoms with Crippen molar-refractivity contribution >= 4 is 11.0 Å². The number of ether oxygens (including phenoxy) is 1. The van der Waals surface area contributed by atoms with E-state index in [1.165, 1.54) is 13.2 Å². The van der Waals surface area contributed by atoms with Crippen molar-refractivity contribution < 1.29 is 19.4 Å². The highest BCUT2D eigenvalue weighted by molar-refractivity contribution is 5.88. The van der Waals surface area contributed by atoms with Gasteiger partial charge in [-0.3, -0.25) is 0 Å². The summed E-state index contributed by atoms with van der Waals surface area (Å²) >= 11 is 0. The quantitative estimate of drug-likeness (QED) is 0.725. The zero-order chi connectivity index (χ0) is 15.4. The van der Waals surface area contributed by atoms with Crippen molar-refractivity contribution in [3.05, 3.63) is 42.5 Å². The number of methoxy groups -OCH3 is 1. The predicted octanol–water partition coefficient (Wildman–Crippen LogP) is 4.55. The van der Waals surface area contributed by atoms with Gasteiger partial charge in [0.25, 0.3) is 0 Å². The molecule has 2 aromatic carbocycles. The highest BCUT2D eigenvalue weighted by Gasteiger charge is 2.12. The second kappa shape index (κ2) is 6.22. The van der Waals surface area contributed by atoms with Crippen molar-refractivity contribution in [1.29, 1.82) is 0 Å². The topological polar surface area (TPSA) is 62.8 Å². The number of rotatable bonds is 2. The molecule has 0 aliphatic rings. The van der Waals surface area contributed by atoms with Gasteiger partial charge in [0.2, 0.25) is 0 Å². The Bertz CT molecular complexity index is 726. The molecule has 0 fully saturated rings. The molecule has 110 valence electrons. The monoisotopic (exact) mass is 286 g/mol. The first-order chi connectivity index (χ1) is 10.2. The van der Waals surface area contributed by atoms with E-state index in [0.29, 0.717) is 17.1 Å². The third kappa shape index (κ3) is 2.94. The molecule has 0 unspecified atom stereocenters. The molecule has 2 N–H and O–H groups in total. The molecule has 0 bridgehead atoms. The molecule has 0 aliphatic heterocycles. The number of fused-ring (bicyclic) bond motifs is 1. The lowest BCUT2D eigenvalue weighted by Crippen LogP contribution is -1.82. The van der Waals surface area contributed by atoms with Crippen molar-refractivity contribution in [3.8, 4) is 28.6 Å². The van der Waals surface area contributed by atoms with E-state index in [4.69, 9.17) is 9.15 Å². The van der Waals surface area contributed by atoms with Crippen molar-refractivity contribution in [1.82, 2.24) is 0 Å². The smallest absolute Gasteiger partial charge is 0.176 e. The van der Waals surface area contributed by atoms with Gasteiger partial charge in [-0.05, 0) is 36.4 Å². The van der Waals surface area contributed by atoms with Crippen LogP contribution in [0, 0.1) is 0 Å². The van der Waals surface area contributed by atoms with E-state index in [9.17, 15) is 10.2 Å². The number of hydrogen-bond acceptors (Lipinski definition) is 4. The highest BCUT2D eigenvalue weighted by Crippen LogP contribution is 2.36. The zero-order valence-corrected chi connectivity index (χ0v) is 12.3. The standard InChI is InChI=1S/C15H12O4.C2H6/c1-18-14-8-12(17)6-10-7-13(19-15(10)14)9-2-4-11(16)5-3-9;1-2/h2-8,16-17H,1H3;1-2H3. The van der Waals surface area contributed by atoms with E-state index in [2.05, 4.69) is 0 Å². The van der Waals surface area contributed by atoms with Gasteiger partial charge in [0, 0.05) is 17.0 Å². The molecule has 0 aliphatic carbocycles. The molecule has 3 aromatic rings. The summed E-state index contributed by atoms with van der Waals surface area (Å²) in [7, 11) is 1.52. The average molecular weight is 286 g/mol. The van der Waals surface area contributed by atoms with Gasteiger partial charge in [0.1, 0.15) is 17.3 Å². The van der Waals surface area contributed by atoms with Gasteiger partial charge >= 0.3 is 0 Å². The fourth-order valence-electron chi connectivity index (χ4n) is 2.03. The minimum Gasteiger partial charge on any atom is -0.508 e. The number of hydrogen-bond donors (Lipinski definition) is 2. The zero-order valence-electron chi connectivity index (χ0n) is 12.3. The van der Waals surface area contributed by atoms with Gasteiger partial charge in [-0.15, -0.1) is 0 Å². The number of phenols is 2. The maximum Gasteiger partial charge on any atom is 0.176 e. The van der Waals surface area contributed by atoms with Crippen LogP contribution in [0.25, 0.3) is 22.3 Å². The molecule has 21 heavy (non-hydrogen) atoms. The van der Waals surface area contributed by atoms with E-state index in [-0.39, 0.29) is 11.5 Å². The molecule has 0 spiro atoms. The Morgan fingerprint density at radius 3 is 2.19 bits per heavy atom. The molecule has 1 aromatic heterocycles. The van der Waals surface area contributed by atoms with E-state index in [1.807, 2.05) is 19.9 Å². The summed E-state index contributed by atoms with van der Waals surface area (Å²) in [4.78, 5) is 0. The third-order valence-electron chi connectivity index (χ3n) is 2.94. The Morgan fingerprint density at radius 2 is 1.57 bits per heavy atom. The van der Waals surface area contributed by atoms with Gasteiger partial charge in [-0.2, -0.15) is 0 Å². The fraction of sp³-hybridized carbons (Fsp3) is 0.176. The largest absolute Gasteiger partial charge is 0.508 e. The van der Waals surface area contributed by atoms with Crippen LogP contribution in [0.1, 0.15) is 13.8 Å². The molecule has 4 heteroatoms. The fourth-order valence-corrected chi connectivity index (χ4v) is 2.03. The summed E-state index contributed by atoms with van der Waals surface area (Å²) in [5.74, 6) is 1.47. The highest BCUT2D eigenvalue weighted by atomic mass is 16.5. The van der Waals surface area contributed by atoms with Crippen LogP contribution in [0.2, 0.25) is 0 Å². The number of benzene rings is 2. The Hall–Kier alpha value is -2.62. The van der Waals surface area contributed by atoms with Crippen molar-refractivity contribution in [2.24, 2.45) is 0 Å². The first kappa shape index (κ1) is 14.8. The van der Waals surface area contributed by atoms with Gasteiger partial charge in [-0.1, -0.05) is 13.8 Å². The first-order valence-electron chi connectivity index (χ1n) is 6.77. The van der Waals surface area contributed by atoms with Crippen LogP contribution in [-0.2, 0) is 0 Å². The molecule has 0 amide bonds. The summed E-state index contributed by atoms with van der Waals surface area (Å²) in [6.07, 6.45) is 0. The van der Waals surface area contributed by atoms with Crippen molar-refractivity contribution in [3.63, 3.8) is 0 Å². The summed E-state index contributed by atoms with van der Waals surface area (Å²) in [6.45, 7) is 4.00. The lowest BCUT2D eigenvalue weighted by atomic mass is 10.1. The molecular formula is C17H18O4. The molecule has 4 nitrogen and oxygen atoms in total. The normalized spacial score (nSPS) is 10.0. The summed E-state index contributed by atoms with van der Waals surface area (Å²) in [5, 5.41) is 19.6. The number of furan rings is 1. The minimum atomic E-state index is 0.127. The lowest BCUT2D eigenvalue weighted by Gasteiger charge is -2.01. The molecule has 1 heterocycles. The van der Waals surface area contributed by atoms with Crippen LogP contribution in [0.3, 0.4) is 0 Å². The first-order valence-corrected chi connectivity index (χ1v) is 6.77. The van der Waals surface area contributed by atoms with E-state index >= 15 is 0 Å². The number of aromatic hydroxyl groups is 2. The van der Waals surface area contributed by atoms with Crippen molar-refractivity contribution in [2.75, 3.05) is 7.11 Å². The van der Waals surface area contributed by atoms with E-state index in [1.54, 1.807) is 30.3 Å². The second-order valence-electron chi connectivity index (χ2n) is 4.22. The van der Waals surface area contributed by atoms with Crippen LogP contribution in [0.5, 0.6) is 17.2 Å². The third-order valence-corrected chi connectivity index (χ3v) is 2.94. The lowest BCUT2D eigenvalue weighted by molar-refractivity contribution is 0.404. The Balaban J connectivity index is 0.000000774. The van der Waals surface area contributed by atoms with Crippen LogP contribution in [-0.4, -0.2) is 17.3 Å². The predicted molar refractivity (Wildman–Crippen MR) is 82.9 cm³/mol. The Kier molecular flexibility index (Phi) is 4.38. The van der Waals surface area contributed by atoms with E-state index < -0.39 is 0 Å². The van der Waals surface area contributed by atoms with E-state index in [0.717, 1.165) is 10.9 Å². The van der Waals surface area contributed by atoms with Gasteiger partial charge < -0.3 is 19.4 Å². The summed E-state index contributed by atoms with van der Waals surface area (Å²) in [6, 6.07) is 11.7. The molecule has 0 saturated carbocycles. The summed E-state index contributed by atoms with van der Waals surface area (Å²) in [5.41, 5.74) is 1.43. The Labute approximate surface area is 123 Å².